The maximum Gasteiger partial charge on any atom is 0.122 e. The maximum absolute atomic E-state index is 5.50. The van der Waals surface area contributed by atoms with Crippen molar-refractivity contribution in [3.8, 4) is 0 Å². The van der Waals surface area contributed by atoms with Gasteiger partial charge in [-0.2, -0.15) is 11.8 Å². The van der Waals surface area contributed by atoms with Gasteiger partial charge in [-0.1, -0.05) is 18.6 Å². The summed E-state index contributed by atoms with van der Waals surface area (Å²) in [6.07, 6.45) is 7.94. The van der Waals surface area contributed by atoms with Crippen molar-refractivity contribution in [2.24, 2.45) is 5.73 Å². The molecule has 0 bridgehead atoms. The zero-order valence-electron chi connectivity index (χ0n) is 9.90. The van der Waals surface area contributed by atoms with Crippen LogP contribution in [0.3, 0.4) is 0 Å². The minimum Gasteiger partial charge on any atom is -0.388 e. The standard InChI is InChI=1S/C12H17N3S2/c1-17-12(5-2-6-12)8-15-9-3-4-10(11(13)16)14-7-9/h3-4,7,15H,2,5-6,8H2,1H3,(H2,13,16). The van der Waals surface area contributed by atoms with Crippen LogP contribution >= 0.6 is 24.0 Å². The van der Waals surface area contributed by atoms with E-state index in [4.69, 9.17) is 18.0 Å². The molecule has 0 aliphatic heterocycles. The summed E-state index contributed by atoms with van der Waals surface area (Å²) >= 11 is 6.83. The van der Waals surface area contributed by atoms with Gasteiger partial charge in [0, 0.05) is 11.3 Å². The fourth-order valence-electron chi connectivity index (χ4n) is 1.93. The predicted molar refractivity (Wildman–Crippen MR) is 78.7 cm³/mol. The number of nitrogens with two attached hydrogens (primary N) is 1. The van der Waals surface area contributed by atoms with Gasteiger partial charge in [-0.3, -0.25) is 4.98 Å². The van der Waals surface area contributed by atoms with Gasteiger partial charge in [-0.05, 0) is 31.2 Å². The Kier molecular flexibility index (Phi) is 3.89. The third-order valence-electron chi connectivity index (χ3n) is 3.33. The molecule has 1 aromatic rings. The topological polar surface area (TPSA) is 50.9 Å². The number of hydrogen-bond acceptors (Lipinski definition) is 4. The number of nitrogens with one attached hydrogen (secondary N) is 1. The molecular formula is C12H17N3S2. The first kappa shape index (κ1) is 12.6. The summed E-state index contributed by atoms with van der Waals surface area (Å²) in [5.41, 5.74) is 7.21. The lowest BCUT2D eigenvalue weighted by Crippen LogP contribution is -2.40. The second-order valence-corrected chi connectivity index (χ2v) is 6.10. The number of hydrogen-bond donors (Lipinski definition) is 2. The number of aromatic nitrogens is 1. The molecular weight excluding hydrogens is 250 g/mol. The number of rotatable bonds is 5. The maximum atomic E-state index is 5.50. The molecule has 3 N–H and O–H groups in total. The summed E-state index contributed by atoms with van der Waals surface area (Å²) in [6, 6.07) is 3.84. The van der Waals surface area contributed by atoms with Gasteiger partial charge in [0.25, 0.3) is 0 Å². The van der Waals surface area contributed by atoms with Crippen molar-refractivity contribution in [1.82, 2.24) is 4.98 Å². The number of pyridine rings is 1. The first-order valence-electron chi connectivity index (χ1n) is 5.70. The fourth-order valence-corrected chi connectivity index (χ4v) is 2.97. The molecule has 17 heavy (non-hydrogen) atoms. The molecule has 2 rings (SSSR count). The Balaban J connectivity index is 1.93. The molecule has 0 unspecified atom stereocenters. The second-order valence-electron chi connectivity index (χ2n) is 4.39. The van der Waals surface area contributed by atoms with E-state index in [0.717, 1.165) is 12.2 Å². The van der Waals surface area contributed by atoms with E-state index in [0.29, 0.717) is 15.4 Å². The predicted octanol–water partition coefficient (Wildman–Crippen LogP) is 2.41. The van der Waals surface area contributed by atoms with Crippen LogP contribution in [0.15, 0.2) is 18.3 Å². The summed E-state index contributed by atoms with van der Waals surface area (Å²) in [5, 5.41) is 3.44. The van der Waals surface area contributed by atoms with Crippen molar-refractivity contribution in [2.75, 3.05) is 18.1 Å². The van der Waals surface area contributed by atoms with E-state index in [1.165, 1.54) is 19.3 Å². The smallest absolute Gasteiger partial charge is 0.122 e. The zero-order chi connectivity index (χ0) is 12.3. The SMILES string of the molecule is CSC1(CNc2ccc(C(N)=S)nc2)CCC1. The summed E-state index contributed by atoms with van der Waals surface area (Å²) in [6.45, 7) is 1.00. The molecule has 1 heterocycles. The summed E-state index contributed by atoms with van der Waals surface area (Å²) in [4.78, 5) is 4.56. The summed E-state index contributed by atoms with van der Waals surface area (Å²) < 4.78 is 0.432. The Labute approximate surface area is 112 Å². The van der Waals surface area contributed by atoms with Crippen LogP contribution in [-0.4, -0.2) is 27.5 Å². The molecule has 0 aromatic carbocycles. The van der Waals surface area contributed by atoms with Gasteiger partial charge in [0.05, 0.1) is 17.6 Å². The van der Waals surface area contributed by atoms with Gasteiger partial charge < -0.3 is 11.1 Å². The zero-order valence-corrected chi connectivity index (χ0v) is 11.5. The minimum absolute atomic E-state index is 0.344. The normalized spacial score (nSPS) is 17.2. The van der Waals surface area contributed by atoms with Gasteiger partial charge in [0.1, 0.15) is 4.99 Å². The molecule has 0 spiro atoms. The van der Waals surface area contributed by atoms with E-state index >= 15 is 0 Å². The second kappa shape index (κ2) is 5.23. The Morgan fingerprint density at radius 1 is 1.59 bits per heavy atom. The molecule has 0 saturated heterocycles. The number of thiocarbonyl (C=S) groups is 1. The van der Waals surface area contributed by atoms with Crippen LogP contribution in [0.25, 0.3) is 0 Å². The van der Waals surface area contributed by atoms with Crippen molar-refractivity contribution < 1.29 is 0 Å². The molecule has 1 fully saturated rings. The molecule has 1 aliphatic rings. The van der Waals surface area contributed by atoms with Crippen LogP contribution < -0.4 is 11.1 Å². The molecule has 1 saturated carbocycles. The van der Waals surface area contributed by atoms with Gasteiger partial charge in [-0.15, -0.1) is 0 Å². The Morgan fingerprint density at radius 3 is 2.76 bits per heavy atom. The van der Waals surface area contributed by atoms with E-state index in [1.807, 2.05) is 23.9 Å². The van der Waals surface area contributed by atoms with E-state index in [1.54, 1.807) is 6.20 Å². The minimum atomic E-state index is 0.344. The van der Waals surface area contributed by atoms with Crippen molar-refractivity contribution in [2.45, 2.75) is 24.0 Å². The monoisotopic (exact) mass is 267 g/mol. The molecule has 3 nitrogen and oxygen atoms in total. The lowest BCUT2D eigenvalue weighted by molar-refractivity contribution is 0.380. The van der Waals surface area contributed by atoms with E-state index in [2.05, 4.69) is 16.6 Å². The molecule has 0 amide bonds. The molecule has 1 aliphatic carbocycles. The Hall–Kier alpha value is -0.810. The first-order valence-corrected chi connectivity index (χ1v) is 7.33. The Morgan fingerprint density at radius 2 is 2.35 bits per heavy atom. The quantitative estimate of drug-likeness (QED) is 0.802. The van der Waals surface area contributed by atoms with Crippen LogP contribution in [0.2, 0.25) is 0 Å². The lowest BCUT2D eigenvalue weighted by Gasteiger charge is -2.40. The average molecular weight is 267 g/mol. The molecule has 0 atom stereocenters. The van der Waals surface area contributed by atoms with Crippen LogP contribution in [0, 0.1) is 0 Å². The van der Waals surface area contributed by atoms with E-state index < -0.39 is 0 Å². The molecule has 5 heteroatoms. The van der Waals surface area contributed by atoms with E-state index in [9.17, 15) is 0 Å². The number of nitrogens with zero attached hydrogens (tertiary/aromatic N) is 1. The average Bonchev–Trinajstić information content (AvgIpc) is 2.29. The molecule has 1 aromatic heterocycles. The van der Waals surface area contributed by atoms with Crippen LogP contribution in [0.4, 0.5) is 5.69 Å². The van der Waals surface area contributed by atoms with Gasteiger partial charge in [-0.25, -0.2) is 0 Å². The number of anilines is 1. The first-order chi connectivity index (χ1) is 8.15. The third-order valence-corrected chi connectivity index (χ3v) is 4.96. The van der Waals surface area contributed by atoms with E-state index in [-0.39, 0.29) is 0 Å². The van der Waals surface area contributed by atoms with Crippen molar-refractivity contribution in [1.29, 1.82) is 0 Å². The summed E-state index contributed by atoms with van der Waals surface area (Å²) in [7, 11) is 0. The highest BCUT2D eigenvalue weighted by molar-refractivity contribution is 8.00. The van der Waals surface area contributed by atoms with Crippen LogP contribution in [0.1, 0.15) is 25.0 Å². The Bertz CT molecular complexity index is 393. The van der Waals surface area contributed by atoms with Crippen molar-refractivity contribution in [3.05, 3.63) is 24.0 Å². The number of thioether (sulfide) groups is 1. The van der Waals surface area contributed by atoms with Crippen molar-refractivity contribution in [3.63, 3.8) is 0 Å². The van der Waals surface area contributed by atoms with Crippen LogP contribution in [0.5, 0.6) is 0 Å². The van der Waals surface area contributed by atoms with Gasteiger partial charge in [0.15, 0.2) is 0 Å². The van der Waals surface area contributed by atoms with Gasteiger partial charge in [0.2, 0.25) is 0 Å². The highest BCUT2D eigenvalue weighted by Gasteiger charge is 2.35. The third kappa shape index (κ3) is 2.90. The van der Waals surface area contributed by atoms with Gasteiger partial charge >= 0.3 is 0 Å². The molecule has 0 radical (unpaired) electrons. The highest BCUT2D eigenvalue weighted by Crippen LogP contribution is 2.42. The fraction of sp³-hybridized carbons (Fsp3) is 0.500. The largest absolute Gasteiger partial charge is 0.388 e. The van der Waals surface area contributed by atoms with Crippen molar-refractivity contribution >= 4 is 34.7 Å². The van der Waals surface area contributed by atoms with Crippen LogP contribution in [-0.2, 0) is 0 Å². The summed E-state index contributed by atoms with van der Waals surface area (Å²) in [5.74, 6) is 0. The highest BCUT2D eigenvalue weighted by atomic mass is 32.2. The lowest BCUT2D eigenvalue weighted by atomic mass is 9.84. The molecule has 92 valence electrons.